The lowest BCUT2D eigenvalue weighted by molar-refractivity contribution is 0.150. The van der Waals surface area contributed by atoms with Crippen LogP contribution >= 0.6 is 15.9 Å². The maximum Gasteiger partial charge on any atom is 0.163 e. The molecule has 0 aliphatic carbocycles. The predicted octanol–water partition coefficient (Wildman–Crippen LogP) is 3.16. The van der Waals surface area contributed by atoms with Crippen molar-refractivity contribution in [1.29, 1.82) is 0 Å². The minimum absolute atomic E-state index is 0.205. The van der Waals surface area contributed by atoms with Gasteiger partial charge in [-0.25, -0.2) is 0 Å². The maximum atomic E-state index is 10.6. The zero-order valence-electron chi connectivity index (χ0n) is 13.0. The van der Waals surface area contributed by atoms with Crippen LogP contribution in [0, 0.1) is 5.92 Å². The third-order valence-electron chi connectivity index (χ3n) is 3.97. The van der Waals surface area contributed by atoms with Gasteiger partial charge in [-0.15, -0.1) is 0 Å². The number of aromatic hydroxyl groups is 1. The van der Waals surface area contributed by atoms with Gasteiger partial charge in [-0.1, -0.05) is 29.8 Å². The van der Waals surface area contributed by atoms with Crippen LogP contribution in [0.25, 0.3) is 0 Å². The minimum Gasteiger partial charge on any atom is -0.504 e. The van der Waals surface area contributed by atoms with Gasteiger partial charge < -0.3 is 15.2 Å². The van der Waals surface area contributed by atoms with Crippen LogP contribution in [0.2, 0.25) is 0 Å². The molecule has 5 heteroatoms. The van der Waals surface area contributed by atoms with Crippen LogP contribution in [-0.2, 0) is 0 Å². The molecular weight excluding hydrogens is 332 g/mol. The molecule has 0 unspecified atom stereocenters. The van der Waals surface area contributed by atoms with E-state index in [9.17, 15) is 5.11 Å². The van der Waals surface area contributed by atoms with Crippen molar-refractivity contribution in [2.24, 2.45) is 5.92 Å². The second kappa shape index (κ2) is 7.47. The first-order valence-electron chi connectivity index (χ1n) is 7.54. The monoisotopic (exact) mass is 356 g/mol. The molecule has 118 valence electrons. The standard InChI is InChI=1S/C16H25BrN2O2/c1-11(2)10-13(19-8-6-18-7-9-19)15-12(17)4-5-14(21-3)16(15)20/h4-5,11,13,18,20H,6-10H2,1-3H3/t13-/m0/s1. The lowest BCUT2D eigenvalue weighted by Crippen LogP contribution is -2.45. The first-order valence-corrected chi connectivity index (χ1v) is 8.34. The third-order valence-corrected chi connectivity index (χ3v) is 4.66. The minimum atomic E-state index is 0.205. The molecule has 0 radical (unpaired) electrons. The van der Waals surface area contributed by atoms with E-state index in [0.29, 0.717) is 11.7 Å². The second-order valence-electron chi connectivity index (χ2n) is 5.94. The molecule has 1 fully saturated rings. The highest BCUT2D eigenvalue weighted by molar-refractivity contribution is 9.10. The number of nitrogens with one attached hydrogen (secondary N) is 1. The molecule has 0 saturated carbocycles. The van der Waals surface area contributed by atoms with Crippen molar-refractivity contribution in [1.82, 2.24) is 10.2 Å². The first kappa shape index (κ1) is 16.6. The van der Waals surface area contributed by atoms with Gasteiger partial charge in [-0.05, 0) is 24.5 Å². The highest BCUT2D eigenvalue weighted by atomic mass is 79.9. The van der Waals surface area contributed by atoms with E-state index >= 15 is 0 Å². The lowest BCUT2D eigenvalue weighted by atomic mass is 9.94. The number of hydrogen-bond acceptors (Lipinski definition) is 4. The summed E-state index contributed by atoms with van der Waals surface area (Å²) in [7, 11) is 1.59. The molecule has 1 aromatic rings. The van der Waals surface area contributed by atoms with Gasteiger partial charge in [0.1, 0.15) is 0 Å². The molecule has 1 heterocycles. The number of ether oxygens (including phenoxy) is 1. The van der Waals surface area contributed by atoms with E-state index in [2.05, 4.69) is 40.0 Å². The molecule has 0 bridgehead atoms. The summed E-state index contributed by atoms with van der Waals surface area (Å²) in [6.07, 6.45) is 1.01. The SMILES string of the molecule is COc1ccc(Br)c([C@H](CC(C)C)N2CCNCC2)c1O. The fourth-order valence-electron chi connectivity index (χ4n) is 2.93. The summed E-state index contributed by atoms with van der Waals surface area (Å²) in [5.74, 6) is 1.36. The summed E-state index contributed by atoms with van der Waals surface area (Å²) in [4.78, 5) is 2.45. The maximum absolute atomic E-state index is 10.6. The average Bonchev–Trinajstić information content (AvgIpc) is 2.47. The lowest BCUT2D eigenvalue weighted by Gasteiger charge is -2.37. The smallest absolute Gasteiger partial charge is 0.163 e. The number of rotatable bonds is 5. The Morgan fingerprint density at radius 2 is 2.00 bits per heavy atom. The quantitative estimate of drug-likeness (QED) is 0.850. The summed E-state index contributed by atoms with van der Waals surface area (Å²) in [6.45, 7) is 8.44. The molecule has 0 amide bonds. The Kier molecular flexibility index (Phi) is 5.90. The topological polar surface area (TPSA) is 44.7 Å². The van der Waals surface area contributed by atoms with Gasteiger partial charge in [0.25, 0.3) is 0 Å². The first-order chi connectivity index (χ1) is 10.0. The summed E-state index contributed by atoms with van der Waals surface area (Å²) in [6, 6.07) is 3.97. The molecule has 1 saturated heterocycles. The van der Waals surface area contributed by atoms with Crippen LogP contribution in [0.5, 0.6) is 11.5 Å². The van der Waals surface area contributed by atoms with E-state index in [1.54, 1.807) is 13.2 Å². The van der Waals surface area contributed by atoms with Gasteiger partial charge in [-0.3, -0.25) is 4.90 Å². The van der Waals surface area contributed by atoms with E-state index in [1.165, 1.54) is 0 Å². The Labute approximate surface area is 135 Å². The van der Waals surface area contributed by atoms with E-state index < -0.39 is 0 Å². The van der Waals surface area contributed by atoms with Crippen molar-refractivity contribution < 1.29 is 9.84 Å². The number of nitrogens with zero attached hydrogens (tertiary/aromatic N) is 1. The number of benzene rings is 1. The summed E-state index contributed by atoms with van der Waals surface area (Å²) >= 11 is 3.61. The third kappa shape index (κ3) is 3.90. The summed E-state index contributed by atoms with van der Waals surface area (Å²) in [5.41, 5.74) is 0.949. The van der Waals surface area contributed by atoms with Crippen LogP contribution in [0.15, 0.2) is 16.6 Å². The normalized spacial score (nSPS) is 18.0. The van der Waals surface area contributed by atoms with Crippen LogP contribution in [0.4, 0.5) is 0 Å². The predicted molar refractivity (Wildman–Crippen MR) is 89.0 cm³/mol. The van der Waals surface area contributed by atoms with Crippen LogP contribution in [0.1, 0.15) is 31.9 Å². The molecule has 1 aliphatic heterocycles. The van der Waals surface area contributed by atoms with Crippen LogP contribution < -0.4 is 10.1 Å². The molecular formula is C16H25BrN2O2. The van der Waals surface area contributed by atoms with Crippen molar-refractivity contribution in [2.45, 2.75) is 26.3 Å². The molecule has 21 heavy (non-hydrogen) atoms. The molecule has 0 spiro atoms. The summed E-state index contributed by atoms with van der Waals surface area (Å²) in [5, 5.41) is 14.0. The van der Waals surface area contributed by atoms with Gasteiger partial charge in [0.15, 0.2) is 11.5 Å². The Morgan fingerprint density at radius 1 is 1.33 bits per heavy atom. The Bertz CT molecular complexity index is 474. The van der Waals surface area contributed by atoms with Crippen molar-refractivity contribution >= 4 is 15.9 Å². The van der Waals surface area contributed by atoms with Crippen LogP contribution in [-0.4, -0.2) is 43.3 Å². The Hall–Kier alpha value is -0.780. The van der Waals surface area contributed by atoms with Gasteiger partial charge in [0, 0.05) is 42.3 Å². The van der Waals surface area contributed by atoms with Gasteiger partial charge in [-0.2, -0.15) is 0 Å². The highest BCUT2D eigenvalue weighted by Gasteiger charge is 2.28. The number of halogens is 1. The van der Waals surface area contributed by atoms with Gasteiger partial charge in [0.05, 0.1) is 7.11 Å². The number of phenolic OH excluding ortho intramolecular Hbond substituents is 1. The Balaban J connectivity index is 2.39. The molecule has 1 aromatic carbocycles. The fraction of sp³-hybridized carbons (Fsp3) is 0.625. The van der Waals surface area contributed by atoms with E-state index in [1.807, 2.05) is 6.07 Å². The van der Waals surface area contributed by atoms with Gasteiger partial charge in [0.2, 0.25) is 0 Å². The largest absolute Gasteiger partial charge is 0.504 e. The molecule has 2 N–H and O–H groups in total. The zero-order valence-corrected chi connectivity index (χ0v) is 14.6. The molecule has 2 rings (SSSR count). The summed E-state index contributed by atoms with van der Waals surface area (Å²) < 4.78 is 6.23. The number of methoxy groups -OCH3 is 1. The highest BCUT2D eigenvalue weighted by Crippen LogP contribution is 2.43. The molecule has 1 atom stereocenters. The molecule has 1 aliphatic rings. The number of phenols is 1. The van der Waals surface area contributed by atoms with Crippen molar-refractivity contribution in [3.63, 3.8) is 0 Å². The van der Waals surface area contributed by atoms with Crippen molar-refractivity contribution in [3.8, 4) is 11.5 Å². The van der Waals surface area contributed by atoms with Gasteiger partial charge >= 0.3 is 0 Å². The number of piperazine rings is 1. The number of hydrogen-bond donors (Lipinski definition) is 2. The average molecular weight is 357 g/mol. The second-order valence-corrected chi connectivity index (χ2v) is 6.80. The zero-order chi connectivity index (χ0) is 15.4. The molecule has 0 aromatic heterocycles. The van der Waals surface area contributed by atoms with Crippen molar-refractivity contribution in [3.05, 3.63) is 22.2 Å². The van der Waals surface area contributed by atoms with E-state index in [-0.39, 0.29) is 11.8 Å². The van der Waals surface area contributed by atoms with Crippen LogP contribution in [0.3, 0.4) is 0 Å². The Morgan fingerprint density at radius 3 is 2.57 bits per heavy atom. The fourth-order valence-corrected chi connectivity index (χ4v) is 3.52. The van der Waals surface area contributed by atoms with E-state index in [4.69, 9.17) is 4.74 Å². The van der Waals surface area contributed by atoms with E-state index in [0.717, 1.165) is 42.6 Å². The molecule has 4 nitrogen and oxygen atoms in total. The van der Waals surface area contributed by atoms with Crippen molar-refractivity contribution in [2.75, 3.05) is 33.3 Å².